The van der Waals surface area contributed by atoms with Crippen molar-refractivity contribution in [1.29, 1.82) is 0 Å². The molecular weight excluding hydrogens is 212 g/mol. The smallest absolute Gasteiger partial charge is 0.0920 e. The van der Waals surface area contributed by atoms with E-state index in [-0.39, 0.29) is 0 Å². The van der Waals surface area contributed by atoms with Crippen molar-refractivity contribution in [1.82, 2.24) is 10.2 Å². The van der Waals surface area contributed by atoms with Crippen molar-refractivity contribution >= 4 is 0 Å². The molecule has 0 radical (unpaired) electrons. The number of piperidine rings is 1. The lowest BCUT2D eigenvalue weighted by molar-refractivity contribution is 0.00584. The molecule has 0 unspecified atom stereocenters. The third-order valence-corrected chi connectivity index (χ3v) is 3.39. The van der Waals surface area contributed by atoms with E-state index in [1.54, 1.807) is 0 Å². The molecule has 0 spiro atoms. The van der Waals surface area contributed by atoms with Gasteiger partial charge in [-0.1, -0.05) is 24.3 Å². The van der Waals surface area contributed by atoms with Gasteiger partial charge in [-0.15, -0.1) is 0 Å². The van der Waals surface area contributed by atoms with E-state index in [2.05, 4.69) is 36.4 Å². The second-order valence-electron chi connectivity index (χ2n) is 5.22. The van der Waals surface area contributed by atoms with E-state index < -0.39 is 5.60 Å². The van der Waals surface area contributed by atoms with Crippen LogP contribution < -0.4 is 5.32 Å². The van der Waals surface area contributed by atoms with Gasteiger partial charge in [-0.05, 0) is 51.2 Å². The first-order valence-corrected chi connectivity index (χ1v) is 6.27. The van der Waals surface area contributed by atoms with E-state index in [1.807, 2.05) is 12.1 Å². The minimum Gasteiger partial charge on any atom is -0.385 e. The second kappa shape index (κ2) is 5.17. The van der Waals surface area contributed by atoms with Crippen molar-refractivity contribution in [2.75, 3.05) is 27.2 Å². The molecule has 1 fully saturated rings. The zero-order valence-electron chi connectivity index (χ0n) is 10.7. The molecule has 2 rings (SSSR count). The van der Waals surface area contributed by atoms with E-state index >= 15 is 0 Å². The average Bonchev–Trinajstić information content (AvgIpc) is 2.29. The molecule has 1 aliphatic heterocycles. The van der Waals surface area contributed by atoms with E-state index in [0.29, 0.717) is 0 Å². The highest BCUT2D eigenvalue weighted by molar-refractivity contribution is 5.28. The molecule has 0 amide bonds. The number of nitrogens with one attached hydrogen (secondary N) is 1. The Bertz CT molecular complexity index is 370. The number of hydrogen-bond donors (Lipinski definition) is 2. The molecule has 17 heavy (non-hydrogen) atoms. The highest BCUT2D eigenvalue weighted by Gasteiger charge is 2.30. The van der Waals surface area contributed by atoms with Crippen LogP contribution in [0.15, 0.2) is 24.3 Å². The largest absolute Gasteiger partial charge is 0.385 e. The van der Waals surface area contributed by atoms with E-state index in [1.165, 1.54) is 5.56 Å². The predicted molar refractivity (Wildman–Crippen MR) is 69.8 cm³/mol. The van der Waals surface area contributed by atoms with Crippen LogP contribution in [0.4, 0.5) is 0 Å². The number of aliphatic hydroxyl groups is 1. The van der Waals surface area contributed by atoms with E-state index in [9.17, 15) is 5.11 Å². The van der Waals surface area contributed by atoms with Crippen molar-refractivity contribution in [2.24, 2.45) is 0 Å². The quantitative estimate of drug-likeness (QED) is 0.828. The van der Waals surface area contributed by atoms with Crippen LogP contribution in [-0.2, 0) is 12.1 Å². The fraction of sp³-hybridized carbons (Fsp3) is 0.571. The lowest BCUT2D eigenvalue weighted by Gasteiger charge is -2.33. The maximum Gasteiger partial charge on any atom is 0.0920 e. The minimum absolute atomic E-state index is 0.631. The first-order chi connectivity index (χ1) is 8.10. The fourth-order valence-electron chi connectivity index (χ4n) is 2.45. The topological polar surface area (TPSA) is 35.5 Å². The Balaban J connectivity index is 2.19. The maximum absolute atomic E-state index is 10.6. The monoisotopic (exact) mass is 234 g/mol. The summed E-state index contributed by atoms with van der Waals surface area (Å²) in [5, 5.41) is 13.9. The van der Waals surface area contributed by atoms with Crippen LogP contribution in [0.1, 0.15) is 24.0 Å². The third kappa shape index (κ3) is 3.06. The van der Waals surface area contributed by atoms with Crippen molar-refractivity contribution < 1.29 is 5.11 Å². The van der Waals surface area contributed by atoms with E-state index in [0.717, 1.165) is 38.0 Å². The molecule has 0 bridgehead atoms. The molecule has 3 heteroatoms. The summed E-state index contributed by atoms with van der Waals surface area (Å²) < 4.78 is 0. The van der Waals surface area contributed by atoms with Gasteiger partial charge in [0.15, 0.2) is 0 Å². The van der Waals surface area contributed by atoms with Gasteiger partial charge in [0.2, 0.25) is 0 Å². The van der Waals surface area contributed by atoms with Gasteiger partial charge >= 0.3 is 0 Å². The average molecular weight is 234 g/mol. The summed E-state index contributed by atoms with van der Waals surface area (Å²) in [5.74, 6) is 0. The first kappa shape index (κ1) is 12.6. The Hall–Kier alpha value is -0.900. The van der Waals surface area contributed by atoms with Gasteiger partial charge < -0.3 is 15.3 Å². The van der Waals surface area contributed by atoms with Crippen LogP contribution in [0.3, 0.4) is 0 Å². The van der Waals surface area contributed by atoms with E-state index in [4.69, 9.17) is 0 Å². The molecule has 1 aromatic rings. The summed E-state index contributed by atoms with van der Waals surface area (Å²) in [5.41, 5.74) is 1.70. The molecular formula is C14H22N2O. The van der Waals surface area contributed by atoms with Gasteiger partial charge in [-0.2, -0.15) is 0 Å². The van der Waals surface area contributed by atoms with Crippen LogP contribution in [-0.4, -0.2) is 37.2 Å². The van der Waals surface area contributed by atoms with Crippen LogP contribution in [0, 0.1) is 0 Å². The Labute approximate surface area is 103 Å². The van der Waals surface area contributed by atoms with Crippen LogP contribution >= 0.6 is 0 Å². The second-order valence-corrected chi connectivity index (χ2v) is 5.22. The summed E-state index contributed by atoms with van der Waals surface area (Å²) in [6.45, 7) is 2.71. The Kier molecular flexibility index (Phi) is 3.82. The number of hydrogen-bond acceptors (Lipinski definition) is 3. The zero-order chi connectivity index (χ0) is 12.3. The number of benzene rings is 1. The Morgan fingerprint density at radius 2 is 2.00 bits per heavy atom. The Morgan fingerprint density at radius 3 is 2.65 bits per heavy atom. The fourth-order valence-corrected chi connectivity index (χ4v) is 2.45. The van der Waals surface area contributed by atoms with Crippen LogP contribution in [0.5, 0.6) is 0 Å². The van der Waals surface area contributed by atoms with Gasteiger partial charge in [0.25, 0.3) is 0 Å². The SMILES string of the molecule is CN(C)Cc1cccc(C2(O)CCNCC2)c1. The molecule has 1 heterocycles. The normalized spacial score (nSPS) is 19.5. The molecule has 3 nitrogen and oxygen atoms in total. The molecule has 1 aliphatic rings. The minimum atomic E-state index is -0.631. The highest BCUT2D eigenvalue weighted by Crippen LogP contribution is 2.30. The Morgan fingerprint density at radius 1 is 1.29 bits per heavy atom. The maximum atomic E-state index is 10.6. The van der Waals surface area contributed by atoms with Gasteiger partial charge in [-0.3, -0.25) is 0 Å². The molecule has 0 aromatic heterocycles. The molecule has 0 saturated carbocycles. The van der Waals surface area contributed by atoms with Crippen molar-refractivity contribution in [3.63, 3.8) is 0 Å². The standard InChI is InChI=1S/C14H22N2O/c1-16(2)11-12-4-3-5-13(10-12)14(17)6-8-15-9-7-14/h3-5,10,15,17H,6-9,11H2,1-2H3. The lowest BCUT2D eigenvalue weighted by atomic mass is 9.84. The molecule has 1 aromatic carbocycles. The lowest BCUT2D eigenvalue weighted by Crippen LogP contribution is -2.39. The van der Waals surface area contributed by atoms with Crippen molar-refractivity contribution in [3.05, 3.63) is 35.4 Å². The van der Waals surface area contributed by atoms with Gasteiger partial charge in [0, 0.05) is 6.54 Å². The number of rotatable bonds is 3. The highest BCUT2D eigenvalue weighted by atomic mass is 16.3. The molecule has 0 aliphatic carbocycles. The molecule has 1 saturated heterocycles. The molecule has 2 N–H and O–H groups in total. The first-order valence-electron chi connectivity index (χ1n) is 6.27. The van der Waals surface area contributed by atoms with Gasteiger partial charge in [0.1, 0.15) is 0 Å². The van der Waals surface area contributed by atoms with Gasteiger partial charge in [0.05, 0.1) is 5.60 Å². The number of nitrogens with zero attached hydrogens (tertiary/aromatic N) is 1. The summed E-state index contributed by atoms with van der Waals surface area (Å²) >= 11 is 0. The van der Waals surface area contributed by atoms with Crippen molar-refractivity contribution in [2.45, 2.75) is 25.0 Å². The van der Waals surface area contributed by atoms with Crippen LogP contribution in [0.25, 0.3) is 0 Å². The summed E-state index contributed by atoms with van der Waals surface area (Å²) in [6, 6.07) is 8.36. The third-order valence-electron chi connectivity index (χ3n) is 3.39. The zero-order valence-corrected chi connectivity index (χ0v) is 10.7. The summed E-state index contributed by atoms with van der Waals surface area (Å²) in [7, 11) is 4.12. The molecule has 94 valence electrons. The predicted octanol–water partition coefficient (Wildman–Crippen LogP) is 1.32. The van der Waals surface area contributed by atoms with Gasteiger partial charge in [-0.25, -0.2) is 0 Å². The summed E-state index contributed by atoms with van der Waals surface area (Å²) in [6.07, 6.45) is 1.61. The van der Waals surface area contributed by atoms with Crippen molar-refractivity contribution in [3.8, 4) is 0 Å². The summed E-state index contributed by atoms with van der Waals surface area (Å²) in [4.78, 5) is 2.14. The molecule has 0 atom stereocenters. The van der Waals surface area contributed by atoms with Crippen LogP contribution in [0.2, 0.25) is 0 Å².